The van der Waals surface area contributed by atoms with E-state index >= 15 is 0 Å². The molecule has 0 aromatic carbocycles. The minimum Gasteiger partial charge on any atom is -0.378 e. The molecular formula is C12H19N3O2. The number of aromatic amines is 1. The molecule has 1 aromatic heterocycles. The number of aryl methyl sites for hydroxylation is 1. The fourth-order valence-electron chi connectivity index (χ4n) is 2.05. The Bertz CT molecular complexity index is 351. The van der Waals surface area contributed by atoms with E-state index < -0.39 is 0 Å². The van der Waals surface area contributed by atoms with E-state index in [0.717, 1.165) is 25.1 Å². The van der Waals surface area contributed by atoms with Gasteiger partial charge in [0, 0.05) is 25.4 Å². The third kappa shape index (κ3) is 3.56. The number of hydrogen-bond donors (Lipinski definition) is 2. The number of imidazole rings is 1. The zero-order valence-corrected chi connectivity index (χ0v) is 10.1. The Morgan fingerprint density at radius 3 is 3.24 bits per heavy atom. The van der Waals surface area contributed by atoms with Gasteiger partial charge in [0.25, 0.3) is 0 Å². The third-order valence-corrected chi connectivity index (χ3v) is 3.01. The minimum atomic E-state index is 0.0358. The predicted octanol–water partition coefficient (Wildman–Crippen LogP) is 0.883. The maximum Gasteiger partial charge on any atom is 0.225 e. The van der Waals surface area contributed by atoms with E-state index in [4.69, 9.17) is 4.74 Å². The van der Waals surface area contributed by atoms with Gasteiger partial charge in [-0.05, 0) is 19.8 Å². The van der Waals surface area contributed by atoms with Crippen LogP contribution >= 0.6 is 0 Å². The summed E-state index contributed by atoms with van der Waals surface area (Å²) in [4.78, 5) is 18.9. The van der Waals surface area contributed by atoms with Crippen LogP contribution in [0.15, 0.2) is 12.4 Å². The van der Waals surface area contributed by atoms with Crippen LogP contribution in [0.2, 0.25) is 0 Å². The zero-order chi connectivity index (χ0) is 12.1. The van der Waals surface area contributed by atoms with Gasteiger partial charge in [-0.2, -0.15) is 0 Å². The molecule has 0 bridgehead atoms. The molecule has 5 heteroatoms. The first-order chi connectivity index (χ1) is 8.25. The normalized spacial score (nSPS) is 23.8. The van der Waals surface area contributed by atoms with Crippen LogP contribution in [0, 0.1) is 5.92 Å². The van der Waals surface area contributed by atoms with Crippen molar-refractivity contribution >= 4 is 5.91 Å². The van der Waals surface area contributed by atoms with Crippen LogP contribution in [0.1, 0.15) is 25.6 Å². The van der Waals surface area contributed by atoms with Crippen LogP contribution in [0.4, 0.5) is 0 Å². The Kier molecular flexibility index (Phi) is 4.14. The van der Waals surface area contributed by atoms with Crippen LogP contribution < -0.4 is 5.32 Å². The monoisotopic (exact) mass is 237 g/mol. The van der Waals surface area contributed by atoms with Crippen molar-refractivity contribution in [1.82, 2.24) is 15.3 Å². The van der Waals surface area contributed by atoms with Crippen molar-refractivity contribution < 1.29 is 9.53 Å². The summed E-state index contributed by atoms with van der Waals surface area (Å²) in [5, 5.41) is 2.95. The molecule has 2 N–H and O–H groups in total. The lowest BCUT2D eigenvalue weighted by Gasteiger charge is -2.08. The molecule has 0 radical (unpaired) electrons. The molecule has 1 aliphatic heterocycles. The summed E-state index contributed by atoms with van der Waals surface area (Å²) in [6, 6.07) is 0. The van der Waals surface area contributed by atoms with Gasteiger partial charge >= 0.3 is 0 Å². The van der Waals surface area contributed by atoms with Gasteiger partial charge in [0.15, 0.2) is 0 Å². The molecule has 0 saturated carbocycles. The van der Waals surface area contributed by atoms with Crippen molar-refractivity contribution in [1.29, 1.82) is 0 Å². The van der Waals surface area contributed by atoms with E-state index in [1.165, 1.54) is 0 Å². The van der Waals surface area contributed by atoms with E-state index in [1.54, 1.807) is 6.20 Å². The second kappa shape index (κ2) is 5.82. The molecule has 1 aromatic rings. The van der Waals surface area contributed by atoms with Crippen molar-refractivity contribution in [2.24, 2.45) is 5.92 Å². The van der Waals surface area contributed by atoms with E-state index in [0.29, 0.717) is 13.2 Å². The quantitative estimate of drug-likeness (QED) is 0.747. The molecule has 17 heavy (non-hydrogen) atoms. The highest BCUT2D eigenvalue weighted by molar-refractivity contribution is 5.79. The van der Waals surface area contributed by atoms with Gasteiger partial charge in [-0.15, -0.1) is 0 Å². The summed E-state index contributed by atoms with van der Waals surface area (Å²) >= 11 is 0. The molecule has 5 nitrogen and oxygen atoms in total. The number of hydrogen-bond acceptors (Lipinski definition) is 3. The van der Waals surface area contributed by atoms with E-state index in [2.05, 4.69) is 15.3 Å². The van der Waals surface area contributed by atoms with Crippen LogP contribution in [0.25, 0.3) is 0 Å². The van der Waals surface area contributed by atoms with Crippen molar-refractivity contribution in [2.75, 3.05) is 13.2 Å². The number of nitrogens with zero attached hydrogens (tertiary/aromatic N) is 1. The summed E-state index contributed by atoms with van der Waals surface area (Å²) in [6.45, 7) is 3.26. The number of carbonyl (C=O) groups is 1. The molecule has 2 heterocycles. The van der Waals surface area contributed by atoms with Gasteiger partial charge in [-0.1, -0.05) is 0 Å². The van der Waals surface area contributed by atoms with Gasteiger partial charge < -0.3 is 15.0 Å². The smallest absolute Gasteiger partial charge is 0.225 e. The molecule has 1 aliphatic rings. The second-order valence-electron chi connectivity index (χ2n) is 4.51. The van der Waals surface area contributed by atoms with Crippen LogP contribution in [-0.4, -0.2) is 35.1 Å². The first-order valence-electron chi connectivity index (χ1n) is 6.13. The number of rotatable bonds is 5. The first kappa shape index (κ1) is 12.1. The fourth-order valence-corrected chi connectivity index (χ4v) is 2.05. The highest BCUT2D eigenvalue weighted by Crippen LogP contribution is 2.18. The summed E-state index contributed by atoms with van der Waals surface area (Å²) in [7, 11) is 0. The maximum atomic E-state index is 11.7. The molecule has 0 aliphatic carbocycles. The Balaban J connectivity index is 1.60. The van der Waals surface area contributed by atoms with Gasteiger partial charge in [0.1, 0.15) is 5.82 Å². The molecule has 2 rings (SSSR count). The van der Waals surface area contributed by atoms with Crippen LogP contribution in [0.5, 0.6) is 0 Å². The third-order valence-electron chi connectivity index (χ3n) is 3.01. The zero-order valence-electron chi connectivity index (χ0n) is 10.1. The fraction of sp³-hybridized carbons (Fsp3) is 0.667. The molecule has 1 fully saturated rings. The Morgan fingerprint density at radius 2 is 2.59 bits per heavy atom. The summed E-state index contributed by atoms with van der Waals surface area (Å²) in [6.07, 6.45) is 6.38. The average molecular weight is 237 g/mol. The largest absolute Gasteiger partial charge is 0.378 e. The second-order valence-corrected chi connectivity index (χ2v) is 4.51. The molecule has 94 valence electrons. The molecule has 2 unspecified atom stereocenters. The number of nitrogens with one attached hydrogen (secondary N) is 2. The molecule has 2 atom stereocenters. The first-order valence-corrected chi connectivity index (χ1v) is 6.13. The molecular weight excluding hydrogens is 218 g/mol. The Morgan fingerprint density at radius 1 is 1.71 bits per heavy atom. The average Bonchev–Trinajstić information content (AvgIpc) is 2.95. The van der Waals surface area contributed by atoms with Gasteiger partial charge in [0.2, 0.25) is 5.91 Å². The van der Waals surface area contributed by atoms with Crippen molar-refractivity contribution in [3.63, 3.8) is 0 Å². The van der Waals surface area contributed by atoms with E-state index in [-0.39, 0.29) is 17.9 Å². The topological polar surface area (TPSA) is 67.0 Å². The van der Waals surface area contributed by atoms with Crippen molar-refractivity contribution in [2.45, 2.75) is 32.3 Å². The highest BCUT2D eigenvalue weighted by Gasteiger charge is 2.27. The number of ether oxygens (including phenoxy) is 1. The maximum absolute atomic E-state index is 11.7. The Labute approximate surface area is 101 Å². The standard InChI is InChI=1S/C12H19N3O2/c1-9-7-10(8-17-9)12(16)15-4-2-3-11-13-5-6-14-11/h5-6,9-10H,2-4,7-8H2,1H3,(H,13,14)(H,15,16). The lowest BCUT2D eigenvalue weighted by molar-refractivity contribution is -0.124. The van der Waals surface area contributed by atoms with Crippen molar-refractivity contribution in [3.8, 4) is 0 Å². The number of carbonyl (C=O) groups excluding carboxylic acids is 1. The summed E-state index contributed by atoms with van der Waals surface area (Å²) < 4.78 is 5.38. The van der Waals surface area contributed by atoms with Crippen LogP contribution in [-0.2, 0) is 16.0 Å². The van der Waals surface area contributed by atoms with Crippen LogP contribution in [0.3, 0.4) is 0 Å². The van der Waals surface area contributed by atoms with Gasteiger partial charge in [-0.25, -0.2) is 4.98 Å². The van der Waals surface area contributed by atoms with E-state index in [9.17, 15) is 4.79 Å². The van der Waals surface area contributed by atoms with Gasteiger partial charge in [-0.3, -0.25) is 4.79 Å². The molecule has 0 spiro atoms. The lowest BCUT2D eigenvalue weighted by atomic mass is 10.1. The SMILES string of the molecule is CC1CC(C(=O)NCCCc2ncc[nH]2)CO1. The van der Waals surface area contributed by atoms with Crippen molar-refractivity contribution in [3.05, 3.63) is 18.2 Å². The summed E-state index contributed by atoms with van der Waals surface area (Å²) in [5.74, 6) is 1.12. The van der Waals surface area contributed by atoms with Gasteiger partial charge in [0.05, 0.1) is 18.6 Å². The highest BCUT2D eigenvalue weighted by atomic mass is 16.5. The van der Waals surface area contributed by atoms with E-state index in [1.807, 2.05) is 13.1 Å². The number of amides is 1. The lowest BCUT2D eigenvalue weighted by Crippen LogP contribution is -2.32. The predicted molar refractivity (Wildman–Crippen MR) is 63.4 cm³/mol. The molecule has 1 amide bonds. The minimum absolute atomic E-state index is 0.0358. The number of aromatic nitrogens is 2. The number of H-pyrrole nitrogens is 1. The Hall–Kier alpha value is -1.36. The molecule has 1 saturated heterocycles. The summed E-state index contributed by atoms with van der Waals surface area (Å²) in [5.41, 5.74) is 0.